The van der Waals surface area contributed by atoms with Gasteiger partial charge in [-0.05, 0) is 39.0 Å². The van der Waals surface area contributed by atoms with Crippen molar-refractivity contribution in [1.82, 2.24) is 9.62 Å². The Hall–Kier alpha value is -1.11. The van der Waals surface area contributed by atoms with E-state index in [4.69, 9.17) is 11.6 Å². The van der Waals surface area contributed by atoms with E-state index in [1.165, 1.54) is 29.6 Å². The minimum atomic E-state index is -3.63. The van der Waals surface area contributed by atoms with Crippen LogP contribution in [0.1, 0.15) is 31.1 Å². The molecule has 112 valence electrons. The van der Waals surface area contributed by atoms with Gasteiger partial charge in [0.1, 0.15) is 0 Å². The molecule has 0 saturated carbocycles. The summed E-state index contributed by atoms with van der Waals surface area (Å²) < 4.78 is 26.0. The molecular formula is C13H19ClN2O3S. The van der Waals surface area contributed by atoms with Crippen LogP contribution in [-0.2, 0) is 10.0 Å². The van der Waals surface area contributed by atoms with Crippen LogP contribution in [0.2, 0.25) is 5.02 Å². The van der Waals surface area contributed by atoms with Gasteiger partial charge in [0.25, 0.3) is 5.91 Å². The third kappa shape index (κ3) is 3.50. The summed E-state index contributed by atoms with van der Waals surface area (Å²) >= 11 is 5.95. The number of sulfonamides is 1. The number of hydrogen-bond acceptors (Lipinski definition) is 3. The highest BCUT2D eigenvalue weighted by Gasteiger charge is 2.24. The highest BCUT2D eigenvalue weighted by molar-refractivity contribution is 7.89. The Morgan fingerprint density at radius 2 is 2.00 bits per heavy atom. The van der Waals surface area contributed by atoms with Crippen LogP contribution in [-0.4, -0.2) is 38.3 Å². The van der Waals surface area contributed by atoms with Gasteiger partial charge in [-0.15, -0.1) is 0 Å². The summed E-state index contributed by atoms with van der Waals surface area (Å²) in [6.07, 6.45) is 0. The van der Waals surface area contributed by atoms with Crippen molar-refractivity contribution < 1.29 is 13.2 Å². The summed E-state index contributed by atoms with van der Waals surface area (Å²) in [5.74, 6) is -0.387. The van der Waals surface area contributed by atoms with Gasteiger partial charge in [-0.1, -0.05) is 11.6 Å². The van der Waals surface area contributed by atoms with Crippen molar-refractivity contribution in [1.29, 1.82) is 0 Å². The Labute approximate surface area is 125 Å². The molecule has 0 fully saturated rings. The number of rotatable bonds is 5. The molecule has 7 heteroatoms. The normalized spacial score (nSPS) is 11.9. The molecule has 0 saturated heterocycles. The van der Waals surface area contributed by atoms with Crippen molar-refractivity contribution in [3.8, 4) is 0 Å². The van der Waals surface area contributed by atoms with Gasteiger partial charge in [0.2, 0.25) is 10.0 Å². The first-order valence-electron chi connectivity index (χ1n) is 6.27. The monoisotopic (exact) mass is 318 g/mol. The second-order valence-electron chi connectivity index (χ2n) is 4.62. The number of nitrogens with one attached hydrogen (secondary N) is 1. The molecule has 1 N–H and O–H groups in total. The molecule has 0 bridgehead atoms. The summed E-state index contributed by atoms with van der Waals surface area (Å²) in [6.45, 7) is 5.77. The maximum Gasteiger partial charge on any atom is 0.252 e. The summed E-state index contributed by atoms with van der Waals surface area (Å²) in [6, 6.07) is 3.96. The van der Waals surface area contributed by atoms with E-state index >= 15 is 0 Å². The zero-order valence-electron chi connectivity index (χ0n) is 12.0. The second-order valence-corrected chi connectivity index (χ2v) is 7.02. The van der Waals surface area contributed by atoms with Crippen molar-refractivity contribution in [2.45, 2.75) is 31.7 Å². The zero-order valence-corrected chi connectivity index (χ0v) is 13.5. The molecule has 0 radical (unpaired) electrons. The van der Waals surface area contributed by atoms with Gasteiger partial charge >= 0.3 is 0 Å². The lowest BCUT2D eigenvalue weighted by molar-refractivity contribution is 0.0956. The minimum absolute atomic E-state index is 0.0550. The standard InChI is InChI=1S/C13H19ClN2O3S/c1-5-15-13(17)11-8-10(6-7-12(11)14)20(18,19)16(4)9(2)3/h6-9H,5H2,1-4H3,(H,15,17). The van der Waals surface area contributed by atoms with Crippen LogP contribution >= 0.6 is 11.6 Å². The largest absolute Gasteiger partial charge is 0.352 e. The van der Waals surface area contributed by atoms with E-state index in [0.29, 0.717) is 6.54 Å². The molecule has 0 atom stereocenters. The van der Waals surface area contributed by atoms with E-state index in [0.717, 1.165) is 0 Å². The Bertz CT molecular complexity index is 600. The lowest BCUT2D eigenvalue weighted by Crippen LogP contribution is -2.33. The molecule has 1 aromatic rings. The van der Waals surface area contributed by atoms with Crippen molar-refractivity contribution in [2.24, 2.45) is 0 Å². The minimum Gasteiger partial charge on any atom is -0.352 e. The first kappa shape index (κ1) is 16.9. The van der Waals surface area contributed by atoms with Gasteiger partial charge in [-0.25, -0.2) is 8.42 Å². The van der Waals surface area contributed by atoms with Gasteiger partial charge in [-0.3, -0.25) is 4.79 Å². The van der Waals surface area contributed by atoms with Crippen LogP contribution in [0.3, 0.4) is 0 Å². The first-order chi connectivity index (χ1) is 9.21. The second kappa shape index (κ2) is 6.56. The third-order valence-electron chi connectivity index (χ3n) is 2.92. The van der Waals surface area contributed by atoms with E-state index in [2.05, 4.69) is 5.32 Å². The van der Waals surface area contributed by atoms with E-state index in [1.54, 1.807) is 20.8 Å². The molecule has 0 heterocycles. The smallest absolute Gasteiger partial charge is 0.252 e. The van der Waals surface area contributed by atoms with Crippen LogP contribution in [0, 0.1) is 0 Å². The predicted molar refractivity (Wildman–Crippen MR) is 79.5 cm³/mol. The molecule has 20 heavy (non-hydrogen) atoms. The van der Waals surface area contributed by atoms with E-state index in [-0.39, 0.29) is 27.4 Å². The quantitative estimate of drug-likeness (QED) is 0.904. The Kier molecular flexibility index (Phi) is 5.56. The zero-order chi connectivity index (χ0) is 15.5. The van der Waals surface area contributed by atoms with Crippen LogP contribution < -0.4 is 5.32 Å². The summed E-state index contributed by atoms with van der Waals surface area (Å²) in [7, 11) is -2.13. The van der Waals surface area contributed by atoms with Crippen LogP contribution in [0.25, 0.3) is 0 Å². The van der Waals surface area contributed by atoms with E-state index in [9.17, 15) is 13.2 Å². The maximum absolute atomic E-state index is 12.4. The first-order valence-corrected chi connectivity index (χ1v) is 8.09. The number of amides is 1. The number of halogens is 1. The summed E-state index contributed by atoms with van der Waals surface area (Å²) in [5.41, 5.74) is 0.159. The number of nitrogens with zero attached hydrogens (tertiary/aromatic N) is 1. The number of carbonyl (C=O) groups is 1. The van der Waals surface area contributed by atoms with Crippen molar-refractivity contribution in [3.63, 3.8) is 0 Å². The van der Waals surface area contributed by atoms with E-state index < -0.39 is 10.0 Å². The van der Waals surface area contributed by atoms with Gasteiger partial charge in [0, 0.05) is 19.6 Å². The fraction of sp³-hybridized carbons (Fsp3) is 0.462. The molecule has 1 amide bonds. The lowest BCUT2D eigenvalue weighted by Gasteiger charge is -2.21. The summed E-state index contributed by atoms with van der Waals surface area (Å²) in [5, 5.41) is 2.83. The fourth-order valence-corrected chi connectivity index (χ4v) is 3.14. The molecule has 1 rings (SSSR count). The average molecular weight is 319 g/mol. The molecule has 0 unspecified atom stereocenters. The summed E-state index contributed by atoms with van der Waals surface area (Å²) in [4.78, 5) is 11.9. The topological polar surface area (TPSA) is 66.5 Å². The van der Waals surface area contributed by atoms with Crippen LogP contribution in [0.15, 0.2) is 23.1 Å². The third-order valence-corrected chi connectivity index (χ3v) is 5.28. The molecule has 0 aromatic heterocycles. The molecule has 1 aromatic carbocycles. The SMILES string of the molecule is CCNC(=O)c1cc(S(=O)(=O)N(C)C(C)C)ccc1Cl. The number of benzene rings is 1. The molecule has 0 aliphatic carbocycles. The Balaban J connectivity index is 3.29. The molecule has 0 aliphatic heterocycles. The van der Waals surface area contributed by atoms with Gasteiger partial charge in [0.05, 0.1) is 15.5 Å². The molecule has 0 spiro atoms. The van der Waals surface area contributed by atoms with Gasteiger partial charge in [-0.2, -0.15) is 4.31 Å². The van der Waals surface area contributed by atoms with Crippen LogP contribution in [0.4, 0.5) is 0 Å². The fourth-order valence-electron chi connectivity index (χ4n) is 1.54. The maximum atomic E-state index is 12.4. The number of carbonyl (C=O) groups excluding carboxylic acids is 1. The van der Waals surface area contributed by atoms with Crippen molar-refractivity contribution in [2.75, 3.05) is 13.6 Å². The Morgan fingerprint density at radius 3 is 2.50 bits per heavy atom. The highest BCUT2D eigenvalue weighted by atomic mass is 35.5. The van der Waals surface area contributed by atoms with Crippen LogP contribution in [0.5, 0.6) is 0 Å². The molecule has 0 aliphatic rings. The van der Waals surface area contributed by atoms with Gasteiger partial charge < -0.3 is 5.32 Å². The average Bonchev–Trinajstić information content (AvgIpc) is 2.38. The molecular weight excluding hydrogens is 300 g/mol. The lowest BCUT2D eigenvalue weighted by atomic mass is 10.2. The predicted octanol–water partition coefficient (Wildman–Crippen LogP) is 2.12. The van der Waals surface area contributed by atoms with E-state index in [1.807, 2.05) is 0 Å². The molecule has 5 nitrogen and oxygen atoms in total. The van der Waals surface area contributed by atoms with Crippen molar-refractivity contribution >= 4 is 27.5 Å². The van der Waals surface area contributed by atoms with Gasteiger partial charge in [0.15, 0.2) is 0 Å². The Morgan fingerprint density at radius 1 is 1.40 bits per heavy atom. The number of hydrogen-bond donors (Lipinski definition) is 1. The van der Waals surface area contributed by atoms with Crippen molar-refractivity contribution in [3.05, 3.63) is 28.8 Å². The highest BCUT2D eigenvalue weighted by Crippen LogP contribution is 2.23.